The number of rotatable bonds is 6. The van der Waals surface area contributed by atoms with Crippen LogP contribution >= 0.6 is 11.3 Å². The van der Waals surface area contributed by atoms with E-state index < -0.39 is 0 Å². The molecule has 1 aromatic carbocycles. The van der Waals surface area contributed by atoms with Gasteiger partial charge in [-0.1, -0.05) is 18.2 Å². The Balaban J connectivity index is 1.36. The Morgan fingerprint density at radius 1 is 1.00 bits per heavy atom. The summed E-state index contributed by atoms with van der Waals surface area (Å²) in [6.45, 7) is 0.894. The van der Waals surface area contributed by atoms with Crippen LogP contribution in [-0.4, -0.2) is 50.8 Å². The number of nitrogens with zero attached hydrogens (tertiary/aromatic N) is 4. The number of para-hydroxylation sites is 1. The Morgan fingerprint density at radius 3 is 2.58 bits per heavy atom. The zero-order chi connectivity index (χ0) is 21.6. The van der Waals surface area contributed by atoms with Crippen LogP contribution in [0.3, 0.4) is 0 Å². The van der Waals surface area contributed by atoms with Gasteiger partial charge in [-0.25, -0.2) is 9.99 Å². The van der Waals surface area contributed by atoms with E-state index in [1.807, 2.05) is 30.3 Å². The Morgan fingerprint density at radius 2 is 1.81 bits per heavy atom. The molecule has 0 aliphatic carbocycles. The molecule has 2 aromatic heterocycles. The highest BCUT2D eigenvalue weighted by Crippen LogP contribution is 2.24. The van der Waals surface area contributed by atoms with E-state index in [1.54, 1.807) is 29.9 Å². The van der Waals surface area contributed by atoms with E-state index in [1.165, 1.54) is 21.4 Å². The first-order valence-electron chi connectivity index (χ1n) is 9.95. The number of aromatic nitrogens is 2. The van der Waals surface area contributed by atoms with Crippen molar-refractivity contribution in [3.63, 3.8) is 0 Å². The van der Waals surface area contributed by atoms with E-state index in [-0.39, 0.29) is 30.6 Å². The van der Waals surface area contributed by atoms with Crippen molar-refractivity contribution in [1.82, 2.24) is 20.0 Å². The molecule has 0 bridgehead atoms. The van der Waals surface area contributed by atoms with E-state index in [9.17, 15) is 14.4 Å². The van der Waals surface area contributed by atoms with Crippen molar-refractivity contribution in [2.24, 2.45) is 0 Å². The highest BCUT2D eigenvalue weighted by atomic mass is 32.1. The van der Waals surface area contributed by atoms with Crippen molar-refractivity contribution in [3.05, 3.63) is 65.9 Å². The van der Waals surface area contributed by atoms with Crippen LogP contribution in [0, 0.1) is 0 Å². The second-order valence-corrected chi connectivity index (χ2v) is 7.85. The fraction of sp³-hybridized carbons (Fsp3) is 0.227. The summed E-state index contributed by atoms with van der Waals surface area (Å²) in [7, 11) is 0. The number of nitrogens with one attached hydrogen (secondary N) is 1. The highest BCUT2D eigenvalue weighted by molar-refractivity contribution is 7.13. The number of pyridine rings is 1. The molecule has 1 fully saturated rings. The van der Waals surface area contributed by atoms with Gasteiger partial charge in [0.15, 0.2) is 0 Å². The van der Waals surface area contributed by atoms with Gasteiger partial charge in [-0.2, -0.15) is 0 Å². The molecule has 0 unspecified atom stereocenters. The second-order valence-electron chi connectivity index (χ2n) is 6.99. The number of thiazole rings is 1. The smallest absolute Gasteiger partial charge is 0.291 e. The van der Waals surface area contributed by atoms with Gasteiger partial charge >= 0.3 is 0 Å². The SMILES string of the molecule is O=C(CCC(=O)N1CCCN1C(=O)c1csc(-c2cccnc2)n1)Nc1ccccc1. The first-order chi connectivity index (χ1) is 15.1. The molecule has 1 N–H and O–H groups in total. The number of hydrazine groups is 1. The van der Waals surface area contributed by atoms with Gasteiger partial charge in [0.25, 0.3) is 5.91 Å². The molecule has 3 heterocycles. The molecule has 0 spiro atoms. The summed E-state index contributed by atoms with van der Waals surface area (Å²) in [6, 6.07) is 12.8. The topological polar surface area (TPSA) is 95.5 Å². The molecule has 8 nitrogen and oxygen atoms in total. The van der Waals surface area contributed by atoms with Crippen molar-refractivity contribution in [3.8, 4) is 10.6 Å². The first kappa shape index (κ1) is 20.7. The van der Waals surface area contributed by atoms with Gasteiger partial charge in [-0.15, -0.1) is 11.3 Å². The van der Waals surface area contributed by atoms with Crippen LogP contribution in [0.2, 0.25) is 0 Å². The van der Waals surface area contributed by atoms with Crippen molar-refractivity contribution in [1.29, 1.82) is 0 Å². The molecule has 1 saturated heterocycles. The minimum Gasteiger partial charge on any atom is -0.326 e. The summed E-state index contributed by atoms with van der Waals surface area (Å²) in [5, 5.41) is 8.02. The molecule has 4 rings (SSSR count). The number of anilines is 1. The molecule has 0 atom stereocenters. The maximum atomic E-state index is 13.0. The lowest BCUT2D eigenvalue weighted by molar-refractivity contribution is -0.141. The first-order valence-corrected chi connectivity index (χ1v) is 10.8. The third-order valence-corrected chi connectivity index (χ3v) is 5.70. The van der Waals surface area contributed by atoms with Gasteiger partial charge in [0.1, 0.15) is 10.7 Å². The van der Waals surface area contributed by atoms with Crippen LogP contribution in [0.1, 0.15) is 29.8 Å². The standard InChI is InChI=1S/C22H21N5O3S/c28-19(24-17-7-2-1-3-8-17)9-10-20(29)26-12-5-13-27(26)22(30)18-15-31-21(25-18)16-6-4-11-23-14-16/h1-4,6-8,11,14-15H,5,9-10,12-13H2,(H,24,28). The average molecular weight is 436 g/mol. The second kappa shape index (κ2) is 9.48. The lowest BCUT2D eigenvalue weighted by Crippen LogP contribution is -2.45. The van der Waals surface area contributed by atoms with Gasteiger partial charge in [-0.3, -0.25) is 24.4 Å². The van der Waals surface area contributed by atoms with Crippen LogP contribution in [-0.2, 0) is 9.59 Å². The van der Waals surface area contributed by atoms with Gasteiger partial charge < -0.3 is 5.32 Å². The number of hydrogen-bond donors (Lipinski definition) is 1. The number of carbonyl (C=O) groups excluding carboxylic acids is 3. The third kappa shape index (κ3) is 4.95. The summed E-state index contributed by atoms with van der Waals surface area (Å²) in [5.74, 6) is -0.806. The monoisotopic (exact) mass is 435 g/mol. The summed E-state index contributed by atoms with van der Waals surface area (Å²) < 4.78 is 0. The van der Waals surface area contributed by atoms with Crippen LogP contribution < -0.4 is 5.32 Å². The quantitative estimate of drug-likeness (QED) is 0.641. The zero-order valence-corrected chi connectivity index (χ0v) is 17.5. The van der Waals surface area contributed by atoms with Gasteiger partial charge in [0.05, 0.1) is 0 Å². The number of amides is 3. The lowest BCUT2D eigenvalue weighted by Gasteiger charge is -2.27. The maximum absolute atomic E-state index is 13.0. The Kier molecular flexibility index (Phi) is 6.32. The Bertz CT molecular complexity index is 1070. The zero-order valence-electron chi connectivity index (χ0n) is 16.7. The fourth-order valence-corrected chi connectivity index (χ4v) is 4.09. The van der Waals surface area contributed by atoms with Gasteiger partial charge in [0, 0.05) is 55.0 Å². The van der Waals surface area contributed by atoms with Crippen LogP contribution in [0.25, 0.3) is 10.6 Å². The van der Waals surface area contributed by atoms with Crippen molar-refractivity contribution in [2.45, 2.75) is 19.3 Å². The van der Waals surface area contributed by atoms with E-state index in [2.05, 4.69) is 15.3 Å². The molecular weight excluding hydrogens is 414 g/mol. The maximum Gasteiger partial charge on any atom is 0.291 e. The molecule has 9 heteroatoms. The third-order valence-electron chi connectivity index (χ3n) is 4.81. The molecule has 31 heavy (non-hydrogen) atoms. The van der Waals surface area contributed by atoms with Crippen LogP contribution in [0.15, 0.2) is 60.2 Å². The summed E-state index contributed by atoms with van der Waals surface area (Å²) in [5.41, 5.74) is 1.82. The minimum absolute atomic E-state index is 0.0282. The Hall–Kier alpha value is -3.59. The predicted molar refractivity (Wildman–Crippen MR) is 117 cm³/mol. The van der Waals surface area contributed by atoms with Gasteiger partial charge in [0.2, 0.25) is 11.8 Å². The minimum atomic E-state index is -0.314. The normalized spacial score (nSPS) is 13.3. The largest absolute Gasteiger partial charge is 0.326 e. The molecule has 0 radical (unpaired) electrons. The Labute approximate surface area is 183 Å². The van der Waals surface area contributed by atoms with Crippen molar-refractivity contribution in [2.75, 3.05) is 18.4 Å². The van der Waals surface area contributed by atoms with E-state index >= 15 is 0 Å². The summed E-state index contributed by atoms with van der Waals surface area (Å²) in [6.07, 6.45) is 4.14. The number of benzene rings is 1. The average Bonchev–Trinajstić information content (AvgIpc) is 3.49. The molecule has 3 amide bonds. The van der Waals surface area contributed by atoms with E-state index in [0.717, 1.165) is 5.56 Å². The molecule has 158 valence electrons. The van der Waals surface area contributed by atoms with E-state index in [0.29, 0.717) is 35.9 Å². The highest BCUT2D eigenvalue weighted by Gasteiger charge is 2.32. The fourth-order valence-electron chi connectivity index (χ4n) is 3.30. The van der Waals surface area contributed by atoms with Crippen LogP contribution in [0.5, 0.6) is 0 Å². The number of carbonyl (C=O) groups is 3. The molecular formula is C22H21N5O3S. The predicted octanol–water partition coefficient (Wildman–Crippen LogP) is 3.21. The lowest BCUT2D eigenvalue weighted by atomic mass is 10.2. The molecule has 1 aliphatic heterocycles. The molecule has 0 saturated carbocycles. The van der Waals surface area contributed by atoms with E-state index in [4.69, 9.17) is 0 Å². The molecule has 3 aromatic rings. The van der Waals surface area contributed by atoms with Crippen molar-refractivity contribution >= 4 is 34.7 Å². The van der Waals surface area contributed by atoms with Crippen molar-refractivity contribution < 1.29 is 14.4 Å². The molecule has 1 aliphatic rings. The van der Waals surface area contributed by atoms with Crippen LogP contribution in [0.4, 0.5) is 5.69 Å². The number of hydrogen-bond acceptors (Lipinski definition) is 6. The van der Waals surface area contributed by atoms with Gasteiger partial charge in [-0.05, 0) is 30.7 Å². The summed E-state index contributed by atoms with van der Waals surface area (Å²) >= 11 is 1.36. The summed E-state index contributed by atoms with van der Waals surface area (Å²) in [4.78, 5) is 46.3.